The molecule has 0 unspecified atom stereocenters. The topological polar surface area (TPSA) is 35.2 Å². The van der Waals surface area contributed by atoms with E-state index in [0.717, 1.165) is 43.5 Å². The fourth-order valence-electron chi connectivity index (χ4n) is 3.02. The maximum Gasteiger partial charge on any atom is 0.119 e. The van der Waals surface area contributed by atoms with E-state index in [2.05, 4.69) is 13.8 Å². The highest BCUT2D eigenvalue weighted by atomic mass is 16.5. The molecule has 0 atom stereocenters. The van der Waals surface area contributed by atoms with Crippen LogP contribution in [-0.2, 0) is 0 Å². The number of rotatable bonds is 5. The van der Waals surface area contributed by atoms with Crippen molar-refractivity contribution in [3.8, 4) is 5.75 Å². The monoisotopic (exact) mass is 261 g/mol. The van der Waals surface area contributed by atoms with E-state index in [1.165, 1.54) is 12.8 Å². The molecular formula is C17H27NO. The standard InChI is InChI=1S/C17H27NO/c1-14(2)15-8-10-17(18,11-9-15)12-13-19-16-6-4-3-5-7-16/h3-7,14-15H,8-13,18H2,1-2H3. The molecule has 1 aromatic rings. The second kappa shape index (κ2) is 6.42. The van der Waals surface area contributed by atoms with Crippen LogP contribution in [0.1, 0.15) is 46.0 Å². The summed E-state index contributed by atoms with van der Waals surface area (Å²) >= 11 is 0. The summed E-state index contributed by atoms with van der Waals surface area (Å²) in [5.74, 6) is 2.61. The molecule has 1 aliphatic carbocycles. The lowest BCUT2D eigenvalue weighted by molar-refractivity contribution is 0.163. The SMILES string of the molecule is CC(C)C1CCC(N)(CCOc2ccccc2)CC1. The van der Waals surface area contributed by atoms with E-state index in [0.29, 0.717) is 0 Å². The van der Waals surface area contributed by atoms with Crippen molar-refractivity contribution >= 4 is 0 Å². The van der Waals surface area contributed by atoms with Gasteiger partial charge in [0.05, 0.1) is 6.61 Å². The molecule has 0 heterocycles. The first kappa shape index (κ1) is 14.4. The predicted molar refractivity (Wildman–Crippen MR) is 80.3 cm³/mol. The summed E-state index contributed by atoms with van der Waals surface area (Å²) < 4.78 is 5.77. The maximum absolute atomic E-state index is 6.51. The lowest BCUT2D eigenvalue weighted by Gasteiger charge is -2.38. The van der Waals surface area contributed by atoms with E-state index in [1.807, 2.05) is 30.3 Å². The Morgan fingerprint density at radius 1 is 1.21 bits per heavy atom. The van der Waals surface area contributed by atoms with Crippen LogP contribution in [0.5, 0.6) is 5.75 Å². The molecule has 0 spiro atoms. The first-order valence-corrected chi connectivity index (χ1v) is 7.56. The van der Waals surface area contributed by atoms with E-state index < -0.39 is 0 Å². The second-order valence-corrected chi connectivity index (χ2v) is 6.36. The zero-order valence-corrected chi connectivity index (χ0v) is 12.3. The highest BCUT2D eigenvalue weighted by Gasteiger charge is 2.32. The summed E-state index contributed by atoms with van der Waals surface area (Å²) in [7, 11) is 0. The molecule has 2 rings (SSSR count). The number of para-hydroxylation sites is 1. The molecule has 0 saturated heterocycles. The molecule has 1 aromatic carbocycles. The van der Waals surface area contributed by atoms with Crippen LogP contribution in [0, 0.1) is 11.8 Å². The molecule has 0 radical (unpaired) electrons. The summed E-state index contributed by atoms with van der Waals surface area (Å²) in [4.78, 5) is 0. The van der Waals surface area contributed by atoms with Crippen molar-refractivity contribution in [1.29, 1.82) is 0 Å². The van der Waals surface area contributed by atoms with Crippen LogP contribution in [-0.4, -0.2) is 12.1 Å². The minimum Gasteiger partial charge on any atom is -0.494 e. The van der Waals surface area contributed by atoms with Gasteiger partial charge < -0.3 is 10.5 Å². The minimum absolute atomic E-state index is 0.000169. The Balaban J connectivity index is 1.74. The van der Waals surface area contributed by atoms with Crippen molar-refractivity contribution in [3.05, 3.63) is 30.3 Å². The zero-order chi connectivity index (χ0) is 13.7. The largest absolute Gasteiger partial charge is 0.494 e. The van der Waals surface area contributed by atoms with Gasteiger partial charge in [-0.05, 0) is 56.1 Å². The van der Waals surface area contributed by atoms with Crippen molar-refractivity contribution in [2.45, 2.75) is 51.5 Å². The van der Waals surface area contributed by atoms with Crippen LogP contribution in [0.15, 0.2) is 30.3 Å². The third-order valence-corrected chi connectivity index (χ3v) is 4.58. The quantitative estimate of drug-likeness (QED) is 0.869. The Kier molecular flexibility index (Phi) is 4.87. The summed E-state index contributed by atoms with van der Waals surface area (Å²) in [6.45, 7) is 5.38. The fraction of sp³-hybridized carbons (Fsp3) is 0.647. The predicted octanol–water partition coefficient (Wildman–Crippen LogP) is 4.00. The molecule has 2 nitrogen and oxygen atoms in total. The summed E-state index contributed by atoms with van der Waals surface area (Å²) in [6, 6.07) is 10.0. The molecule has 1 aliphatic rings. The van der Waals surface area contributed by atoms with Gasteiger partial charge in [-0.25, -0.2) is 0 Å². The molecule has 0 aromatic heterocycles. The molecule has 2 N–H and O–H groups in total. The average Bonchev–Trinajstić information content (AvgIpc) is 2.40. The second-order valence-electron chi connectivity index (χ2n) is 6.36. The van der Waals surface area contributed by atoms with Crippen molar-refractivity contribution < 1.29 is 4.74 Å². The molecule has 1 saturated carbocycles. The third-order valence-electron chi connectivity index (χ3n) is 4.58. The van der Waals surface area contributed by atoms with Gasteiger partial charge in [-0.15, -0.1) is 0 Å². The van der Waals surface area contributed by atoms with Gasteiger partial charge in [0.15, 0.2) is 0 Å². The Labute approximate surface area is 117 Å². The fourth-order valence-corrected chi connectivity index (χ4v) is 3.02. The molecular weight excluding hydrogens is 234 g/mol. The van der Waals surface area contributed by atoms with Crippen molar-refractivity contribution in [3.63, 3.8) is 0 Å². The smallest absolute Gasteiger partial charge is 0.119 e. The van der Waals surface area contributed by atoms with Crippen molar-refractivity contribution in [2.75, 3.05) is 6.61 Å². The molecule has 2 heteroatoms. The van der Waals surface area contributed by atoms with Crippen LogP contribution in [0.3, 0.4) is 0 Å². The van der Waals surface area contributed by atoms with Crippen LogP contribution in [0.4, 0.5) is 0 Å². The highest BCUT2D eigenvalue weighted by Crippen LogP contribution is 2.36. The van der Waals surface area contributed by atoms with Crippen LogP contribution in [0.2, 0.25) is 0 Å². The van der Waals surface area contributed by atoms with Crippen LogP contribution < -0.4 is 10.5 Å². The van der Waals surface area contributed by atoms with E-state index in [4.69, 9.17) is 10.5 Å². The van der Waals surface area contributed by atoms with Gasteiger partial charge >= 0.3 is 0 Å². The van der Waals surface area contributed by atoms with Gasteiger partial charge in [0.1, 0.15) is 5.75 Å². The summed E-state index contributed by atoms with van der Waals surface area (Å²) in [5.41, 5.74) is 6.51. The number of nitrogens with two attached hydrogens (primary N) is 1. The normalized spacial score (nSPS) is 27.5. The van der Waals surface area contributed by atoms with Gasteiger partial charge in [-0.1, -0.05) is 32.0 Å². The van der Waals surface area contributed by atoms with Gasteiger partial charge in [-0.3, -0.25) is 0 Å². The molecule has 0 amide bonds. The number of hydrogen-bond acceptors (Lipinski definition) is 2. The Hall–Kier alpha value is -1.02. The lowest BCUT2D eigenvalue weighted by Crippen LogP contribution is -2.45. The Morgan fingerprint density at radius 2 is 1.84 bits per heavy atom. The molecule has 1 fully saturated rings. The Bertz CT molecular complexity index is 366. The summed E-state index contributed by atoms with van der Waals surface area (Å²) in [6.07, 6.45) is 5.81. The lowest BCUT2D eigenvalue weighted by atomic mass is 9.72. The first-order valence-electron chi connectivity index (χ1n) is 7.56. The van der Waals surface area contributed by atoms with E-state index in [1.54, 1.807) is 0 Å². The van der Waals surface area contributed by atoms with Crippen LogP contribution >= 0.6 is 0 Å². The minimum atomic E-state index is 0.000169. The van der Waals surface area contributed by atoms with Gasteiger partial charge in [0, 0.05) is 5.54 Å². The highest BCUT2D eigenvalue weighted by molar-refractivity contribution is 5.20. The molecule has 106 valence electrons. The first-order chi connectivity index (χ1) is 9.09. The number of hydrogen-bond donors (Lipinski definition) is 1. The molecule has 19 heavy (non-hydrogen) atoms. The number of benzene rings is 1. The Morgan fingerprint density at radius 3 is 2.42 bits per heavy atom. The maximum atomic E-state index is 6.51. The van der Waals surface area contributed by atoms with E-state index >= 15 is 0 Å². The number of ether oxygens (including phenoxy) is 1. The van der Waals surface area contributed by atoms with Gasteiger partial charge in [0.25, 0.3) is 0 Å². The summed E-state index contributed by atoms with van der Waals surface area (Å²) in [5, 5.41) is 0. The van der Waals surface area contributed by atoms with Crippen LogP contribution in [0.25, 0.3) is 0 Å². The van der Waals surface area contributed by atoms with Crippen molar-refractivity contribution in [1.82, 2.24) is 0 Å². The van der Waals surface area contributed by atoms with E-state index in [9.17, 15) is 0 Å². The zero-order valence-electron chi connectivity index (χ0n) is 12.3. The average molecular weight is 261 g/mol. The van der Waals surface area contributed by atoms with Crippen molar-refractivity contribution in [2.24, 2.45) is 17.6 Å². The molecule has 0 aliphatic heterocycles. The molecule has 0 bridgehead atoms. The van der Waals surface area contributed by atoms with E-state index in [-0.39, 0.29) is 5.54 Å². The van der Waals surface area contributed by atoms with Gasteiger partial charge in [0.2, 0.25) is 0 Å². The van der Waals surface area contributed by atoms with Gasteiger partial charge in [-0.2, -0.15) is 0 Å². The third kappa shape index (κ3) is 4.24.